The van der Waals surface area contributed by atoms with E-state index < -0.39 is 0 Å². The van der Waals surface area contributed by atoms with Crippen LogP contribution in [-0.2, 0) is 0 Å². The van der Waals surface area contributed by atoms with Crippen LogP contribution in [0, 0.1) is 0 Å². The van der Waals surface area contributed by atoms with E-state index in [2.05, 4.69) is 126 Å². The number of furan rings is 1. The molecule has 0 spiro atoms. The third-order valence-corrected chi connectivity index (χ3v) is 11.7. The summed E-state index contributed by atoms with van der Waals surface area (Å²) in [6, 6.07) is 54.2. The molecule has 0 saturated heterocycles. The van der Waals surface area contributed by atoms with Gasteiger partial charge in [-0.2, -0.15) is 4.37 Å². The van der Waals surface area contributed by atoms with Gasteiger partial charge in [0.05, 0.1) is 11.0 Å². The van der Waals surface area contributed by atoms with Crippen molar-refractivity contribution >= 4 is 86.8 Å². The van der Waals surface area contributed by atoms with Gasteiger partial charge in [0.1, 0.15) is 16.2 Å². The Hall–Kier alpha value is -6.08. The van der Waals surface area contributed by atoms with E-state index in [1.807, 2.05) is 41.7 Å². The summed E-state index contributed by atoms with van der Waals surface area (Å²) in [4.78, 5) is 4.97. The van der Waals surface area contributed by atoms with Gasteiger partial charge in [0, 0.05) is 58.5 Å². The molecule has 0 bridgehead atoms. The van der Waals surface area contributed by atoms with Crippen LogP contribution in [0.15, 0.2) is 156 Å². The summed E-state index contributed by atoms with van der Waals surface area (Å²) in [5.41, 5.74) is 9.70. The molecule has 0 saturated carbocycles. The summed E-state index contributed by atoms with van der Waals surface area (Å²) in [7, 11) is 0. The molecule has 4 heterocycles. The molecule has 11 aromatic rings. The van der Waals surface area contributed by atoms with E-state index in [9.17, 15) is 0 Å². The first-order valence-corrected chi connectivity index (χ1v) is 18.2. The Bertz CT molecular complexity index is 3110. The molecular weight excluding hydrogens is 651 g/mol. The van der Waals surface area contributed by atoms with Gasteiger partial charge in [0.25, 0.3) is 0 Å². The second-order valence-electron chi connectivity index (χ2n) is 12.7. The normalized spacial score (nSPS) is 12.0. The zero-order chi connectivity index (χ0) is 32.8. The Kier molecular flexibility index (Phi) is 5.96. The van der Waals surface area contributed by atoms with Crippen molar-refractivity contribution in [2.24, 2.45) is 0 Å². The molecule has 0 atom stereocenters. The van der Waals surface area contributed by atoms with Crippen LogP contribution in [0.2, 0.25) is 0 Å². The van der Waals surface area contributed by atoms with E-state index in [-0.39, 0.29) is 0 Å². The van der Waals surface area contributed by atoms with Crippen LogP contribution in [-0.4, -0.2) is 13.9 Å². The van der Waals surface area contributed by atoms with Gasteiger partial charge in [-0.05, 0) is 102 Å². The van der Waals surface area contributed by atoms with Crippen molar-refractivity contribution in [3.8, 4) is 38.8 Å². The zero-order valence-electron chi connectivity index (χ0n) is 26.5. The average Bonchev–Trinajstić information content (AvgIpc) is 3.96. The molecule has 4 aromatic heterocycles. The van der Waals surface area contributed by atoms with E-state index in [1.54, 1.807) is 0 Å². The van der Waals surface area contributed by atoms with Crippen LogP contribution in [0.3, 0.4) is 0 Å². The van der Waals surface area contributed by atoms with E-state index in [0.29, 0.717) is 0 Å². The lowest BCUT2D eigenvalue weighted by Crippen LogP contribution is -1.94. The van der Waals surface area contributed by atoms with Gasteiger partial charge in [-0.15, -0.1) is 11.3 Å². The molecule has 4 nitrogen and oxygen atoms in total. The molecule has 0 aliphatic rings. The lowest BCUT2D eigenvalue weighted by atomic mass is 10.0. The van der Waals surface area contributed by atoms with E-state index >= 15 is 0 Å². The van der Waals surface area contributed by atoms with Gasteiger partial charge >= 0.3 is 0 Å². The molecule has 0 unspecified atom stereocenters. The van der Waals surface area contributed by atoms with Crippen molar-refractivity contribution in [1.82, 2.24) is 13.9 Å². The van der Waals surface area contributed by atoms with E-state index in [1.165, 1.54) is 64.6 Å². The highest BCUT2D eigenvalue weighted by Gasteiger charge is 2.16. The average molecular weight is 676 g/mol. The summed E-state index contributed by atoms with van der Waals surface area (Å²) < 4.78 is 15.8. The maximum absolute atomic E-state index is 6.03. The molecule has 11 rings (SSSR count). The number of thiophene rings is 1. The topological polar surface area (TPSA) is 43.9 Å². The predicted molar refractivity (Wildman–Crippen MR) is 211 cm³/mol. The highest BCUT2D eigenvalue weighted by Crippen LogP contribution is 2.39. The molecule has 0 radical (unpaired) electrons. The first-order chi connectivity index (χ1) is 24.7. The lowest BCUT2D eigenvalue weighted by Gasteiger charge is -2.10. The monoisotopic (exact) mass is 675 g/mol. The smallest absolute Gasteiger partial charge is 0.173 e. The standard InChI is InChI=1S/C44H25N3OS2/c1-4-10-37-31(7-1)32-20-15-28(27-17-22-42-36(23-27)34-9-3-6-12-41(34)49-42)25-38(32)47(37)30-18-13-26(14-19-30)44-45-43(46-50-44)29-16-21-40-35(24-29)33-8-2-5-11-39(33)48-40/h1-25H. The Morgan fingerprint density at radius 2 is 1.12 bits per heavy atom. The highest BCUT2D eigenvalue weighted by molar-refractivity contribution is 7.25. The van der Waals surface area contributed by atoms with Crippen molar-refractivity contribution < 1.29 is 4.42 Å². The van der Waals surface area contributed by atoms with Crippen molar-refractivity contribution in [1.29, 1.82) is 0 Å². The number of benzene rings is 7. The number of hydrogen-bond acceptors (Lipinski definition) is 5. The van der Waals surface area contributed by atoms with Gasteiger partial charge in [-0.1, -0.05) is 72.8 Å². The Morgan fingerprint density at radius 3 is 2.04 bits per heavy atom. The number of rotatable bonds is 4. The van der Waals surface area contributed by atoms with E-state index in [0.717, 1.165) is 49.6 Å². The van der Waals surface area contributed by atoms with Gasteiger partial charge in [0.15, 0.2) is 5.82 Å². The van der Waals surface area contributed by atoms with Crippen LogP contribution in [0.1, 0.15) is 0 Å². The predicted octanol–water partition coefficient (Wildman–Crippen LogP) is 12.9. The summed E-state index contributed by atoms with van der Waals surface area (Å²) in [6.45, 7) is 0. The zero-order valence-corrected chi connectivity index (χ0v) is 28.1. The summed E-state index contributed by atoms with van der Waals surface area (Å²) >= 11 is 3.28. The Balaban J connectivity index is 0.982. The molecule has 0 N–H and O–H groups in total. The second-order valence-corrected chi connectivity index (χ2v) is 14.5. The maximum Gasteiger partial charge on any atom is 0.173 e. The lowest BCUT2D eigenvalue weighted by molar-refractivity contribution is 0.669. The number of hydrogen-bond donors (Lipinski definition) is 0. The molecule has 0 amide bonds. The molecule has 0 aliphatic carbocycles. The molecule has 0 aliphatic heterocycles. The van der Waals surface area contributed by atoms with Crippen LogP contribution in [0.5, 0.6) is 0 Å². The maximum atomic E-state index is 6.03. The number of para-hydroxylation sites is 2. The minimum atomic E-state index is 0.727. The van der Waals surface area contributed by atoms with Crippen molar-refractivity contribution in [3.05, 3.63) is 152 Å². The van der Waals surface area contributed by atoms with Crippen LogP contribution in [0.25, 0.3) is 103 Å². The quantitative estimate of drug-likeness (QED) is 0.186. The fraction of sp³-hybridized carbons (Fsp3) is 0. The van der Waals surface area contributed by atoms with Crippen LogP contribution < -0.4 is 0 Å². The first kappa shape index (κ1) is 27.8. The summed E-state index contributed by atoms with van der Waals surface area (Å²) in [6.07, 6.45) is 0. The molecular formula is C44H25N3OS2. The van der Waals surface area contributed by atoms with Crippen LogP contribution >= 0.6 is 22.9 Å². The van der Waals surface area contributed by atoms with Gasteiger partial charge < -0.3 is 8.98 Å². The highest BCUT2D eigenvalue weighted by atomic mass is 32.1. The van der Waals surface area contributed by atoms with Crippen molar-refractivity contribution in [2.45, 2.75) is 0 Å². The van der Waals surface area contributed by atoms with E-state index in [4.69, 9.17) is 13.8 Å². The number of aromatic nitrogens is 3. The fourth-order valence-corrected chi connectivity index (χ4v) is 9.18. The van der Waals surface area contributed by atoms with Crippen molar-refractivity contribution in [3.63, 3.8) is 0 Å². The SMILES string of the molecule is c1ccc2c(c1)oc1ccc(-c3nsc(-c4ccc(-n5c6ccccc6c6ccc(-c7ccc8sc9ccccc9c8c7)cc65)cc4)n3)cc12. The summed E-state index contributed by atoms with van der Waals surface area (Å²) in [5.74, 6) is 0.727. The van der Waals surface area contributed by atoms with Crippen molar-refractivity contribution in [2.75, 3.05) is 0 Å². The third-order valence-electron chi connectivity index (χ3n) is 9.82. The van der Waals surface area contributed by atoms with Gasteiger partial charge in [-0.25, -0.2) is 4.98 Å². The number of fused-ring (bicyclic) bond motifs is 9. The number of nitrogens with zero attached hydrogens (tertiary/aromatic N) is 3. The molecule has 6 heteroatoms. The molecule has 50 heavy (non-hydrogen) atoms. The fourth-order valence-electron chi connectivity index (χ4n) is 7.41. The summed E-state index contributed by atoms with van der Waals surface area (Å²) in [5, 5.41) is 8.19. The first-order valence-electron chi connectivity index (χ1n) is 16.6. The van der Waals surface area contributed by atoms with Gasteiger partial charge in [-0.3, -0.25) is 0 Å². The minimum absolute atomic E-state index is 0.727. The molecule has 7 aromatic carbocycles. The minimum Gasteiger partial charge on any atom is -0.456 e. The Labute approximate surface area is 294 Å². The Morgan fingerprint density at radius 1 is 0.460 bits per heavy atom. The third kappa shape index (κ3) is 4.22. The van der Waals surface area contributed by atoms with Crippen LogP contribution in [0.4, 0.5) is 0 Å². The molecule has 0 fully saturated rings. The largest absolute Gasteiger partial charge is 0.456 e. The molecule has 234 valence electrons. The second kappa shape index (κ2) is 10.7. The van der Waals surface area contributed by atoms with Gasteiger partial charge in [0.2, 0.25) is 0 Å².